The summed E-state index contributed by atoms with van der Waals surface area (Å²) in [6, 6.07) is 10.4. The largest absolute Gasteiger partial charge is 0.481 e. The molecule has 4 aliphatic carbocycles. The molecule has 6 atom stereocenters. The predicted octanol–water partition coefficient (Wildman–Crippen LogP) is 4.42. The smallest absolute Gasteiger partial charge is 0.309 e. The molecule has 1 aliphatic heterocycles. The minimum Gasteiger partial charge on any atom is -0.481 e. The first-order valence-electron chi connectivity index (χ1n) is 11.2. The van der Waals surface area contributed by atoms with Gasteiger partial charge in [-0.2, -0.15) is 0 Å². The van der Waals surface area contributed by atoms with Gasteiger partial charge < -0.3 is 10.0 Å². The van der Waals surface area contributed by atoms with Crippen molar-refractivity contribution < 1.29 is 14.7 Å². The molecule has 1 saturated heterocycles. The maximum absolute atomic E-state index is 13.4. The van der Waals surface area contributed by atoms with E-state index in [9.17, 15) is 14.7 Å². The Morgan fingerprint density at radius 1 is 1.10 bits per heavy atom. The lowest BCUT2D eigenvalue weighted by atomic mass is 9.47. The van der Waals surface area contributed by atoms with Crippen LogP contribution < -0.4 is 0 Å². The van der Waals surface area contributed by atoms with Crippen molar-refractivity contribution in [3.8, 4) is 0 Å². The molecule has 2 heterocycles. The van der Waals surface area contributed by atoms with Gasteiger partial charge in [-0.1, -0.05) is 24.3 Å². The van der Waals surface area contributed by atoms with Gasteiger partial charge >= 0.3 is 5.97 Å². The molecule has 5 nitrogen and oxygen atoms in total. The van der Waals surface area contributed by atoms with Gasteiger partial charge in [0.05, 0.1) is 22.4 Å². The summed E-state index contributed by atoms with van der Waals surface area (Å²) in [5, 5.41) is 11.1. The summed E-state index contributed by atoms with van der Waals surface area (Å²) in [7, 11) is 0. The number of carboxylic acids is 1. The van der Waals surface area contributed by atoms with E-state index in [-0.39, 0.29) is 18.0 Å². The molecular formula is C25H28N2O3. The van der Waals surface area contributed by atoms with Gasteiger partial charge in [-0.25, -0.2) is 0 Å². The number of likely N-dealkylation sites (tertiary alicyclic amines) is 1. The molecule has 156 valence electrons. The van der Waals surface area contributed by atoms with Gasteiger partial charge in [0.1, 0.15) is 0 Å². The molecule has 7 rings (SSSR count). The summed E-state index contributed by atoms with van der Waals surface area (Å²) in [4.78, 5) is 32.4. The highest BCUT2D eigenvalue weighted by Gasteiger charge is 2.65. The van der Waals surface area contributed by atoms with E-state index in [1.165, 1.54) is 0 Å². The average Bonchev–Trinajstić information content (AvgIpc) is 2.71. The quantitative estimate of drug-likeness (QED) is 0.769. The monoisotopic (exact) mass is 404 g/mol. The number of amides is 1. The molecule has 1 amide bonds. The Morgan fingerprint density at radius 3 is 2.50 bits per heavy atom. The number of rotatable bonds is 3. The van der Waals surface area contributed by atoms with Crippen molar-refractivity contribution in [1.29, 1.82) is 0 Å². The average molecular weight is 405 g/mol. The fourth-order valence-corrected chi connectivity index (χ4v) is 7.76. The van der Waals surface area contributed by atoms with Crippen LogP contribution in [0.15, 0.2) is 36.5 Å². The Morgan fingerprint density at radius 2 is 1.80 bits per heavy atom. The number of carbonyl (C=O) groups excluding carboxylic acids is 1. The van der Waals surface area contributed by atoms with Crippen molar-refractivity contribution in [3.05, 3.63) is 42.1 Å². The first-order valence-corrected chi connectivity index (χ1v) is 11.2. The van der Waals surface area contributed by atoms with Gasteiger partial charge in [0.25, 0.3) is 0 Å². The zero-order valence-electron chi connectivity index (χ0n) is 17.5. The summed E-state index contributed by atoms with van der Waals surface area (Å²) < 4.78 is 0. The van der Waals surface area contributed by atoms with Gasteiger partial charge in [0.2, 0.25) is 5.91 Å². The van der Waals surface area contributed by atoms with Crippen LogP contribution in [-0.4, -0.2) is 32.9 Å². The maximum Gasteiger partial charge on any atom is 0.309 e. The van der Waals surface area contributed by atoms with Crippen LogP contribution >= 0.6 is 0 Å². The molecule has 5 fully saturated rings. The number of carboxylic acid groups (broad SMARTS) is 1. The van der Waals surface area contributed by atoms with Crippen molar-refractivity contribution in [2.24, 2.45) is 28.6 Å². The fraction of sp³-hybridized carbons (Fsp3) is 0.560. The lowest BCUT2D eigenvalue weighted by Crippen LogP contribution is -2.70. The lowest BCUT2D eigenvalue weighted by molar-refractivity contribution is -0.202. The van der Waals surface area contributed by atoms with E-state index in [1.807, 2.05) is 26.1 Å². The molecule has 1 N–H and O–H groups in total. The fourth-order valence-electron chi connectivity index (χ4n) is 7.76. The Hall–Kier alpha value is -2.43. The molecule has 30 heavy (non-hydrogen) atoms. The molecule has 4 bridgehead atoms. The number of hydrogen-bond acceptors (Lipinski definition) is 3. The standard InChI is InChI=1S/C25H28N2O3/c1-24(2)21(18-7-3-5-15-6-4-8-26-19(15)18)27(22(24)28)20-16-9-14-10-17(20)13-25(11-14,12-16)23(29)30/h3-8,14,16-17,20-21H,9-13H2,1-2H3,(H,29,30)/t14?,16-,17?,20-,21?,25-/m0/s1. The Bertz CT molecular complexity index is 1060. The number of carbonyl (C=O) groups is 2. The van der Waals surface area contributed by atoms with Gasteiger partial charge in [0, 0.05) is 23.2 Å². The van der Waals surface area contributed by atoms with E-state index in [0.717, 1.165) is 48.6 Å². The maximum atomic E-state index is 13.4. The molecule has 1 aromatic heterocycles. The topological polar surface area (TPSA) is 70.5 Å². The van der Waals surface area contributed by atoms with Crippen molar-refractivity contribution in [1.82, 2.24) is 9.88 Å². The summed E-state index contributed by atoms with van der Waals surface area (Å²) in [5.74, 6) is 0.709. The molecule has 4 saturated carbocycles. The lowest BCUT2D eigenvalue weighted by Gasteiger charge is -2.66. The van der Waals surface area contributed by atoms with Crippen LogP contribution in [0.3, 0.4) is 0 Å². The van der Waals surface area contributed by atoms with Crippen LogP contribution in [0.4, 0.5) is 0 Å². The zero-order chi connectivity index (χ0) is 20.8. The molecular weight excluding hydrogens is 376 g/mol. The summed E-state index contributed by atoms with van der Waals surface area (Å²) in [5.41, 5.74) is 1.08. The number of para-hydroxylation sites is 1. The third-order valence-corrected chi connectivity index (χ3v) is 8.70. The summed E-state index contributed by atoms with van der Waals surface area (Å²) in [6.45, 7) is 4.10. The third-order valence-electron chi connectivity index (χ3n) is 8.70. The van der Waals surface area contributed by atoms with Gasteiger partial charge in [-0.15, -0.1) is 0 Å². The second kappa shape index (κ2) is 5.83. The summed E-state index contributed by atoms with van der Waals surface area (Å²) in [6.07, 6.45) is 6.25. The number of benzene rings is 1. The zero-order valence-corrected chi connectivity index (χ0v) is 17.5. The second-order valence-electron chi connectivity index (χ2n) is 10.8. The highest BCUT2D eigenvalue weighted by Crippen LogP contribution is 2.64. The molecule has 0 radical (unpaired) electrons. The normalized spacial score (nSPS) is 38.7. The highest BCUT2D eigenvalue weighted by atomic mass is 16.4. The van der Waals surface area contributed by atoms with Crippen molar-refractivity contribution in [3.63, 3.8) is 0 Å². The van der Waals surface area contributed by atoms with Crippen molar-refractivity contribution in [2.75, 3.05) is 0 Å². The van der Waals surface area contributed by atoms with Crippen LogP contribution in [0.1, 0.15) is 57.6 Å². The van der Waals surface area contributed by atoms with Crippen molar-refractivity contribution in [2.45, 2.75) is 58.0 Å². The van der Waals surface area contributed by atoms with Gasteiger partial charge in [-0.3, -0.25) is 14.6 Å². The minimum absolute atomic E-state index is 0.00750. The molecule has 0 spiro atoms. The molecule has 1 aromatic carbocycles. The molecule has 5 heteroatoms. The predicted molar refractivity (Wildman–Crippen MR) is 113 cm³/mol. The number of β-lactam (4-membered cyclic amide) rings is 1. The van der Waals surface area contributed by atoms with Crippen LogP contribution in [0.2, 0.25) is 0 Å². The van der Waals surface area contributed by atoms with E-state index in [4.69, 9.17) is 0 Å². The second-order valence-corrected chi connectivity index (χ2v) is 10.8. The van der Waals surface area contributed by atoms with Gasteiger partial charge in [-0.05, 0) is 69.8 Å². The van der Waals surface area contributed by atoms with E-state index < -0.39 is 16.8 Å². The number of aromatic nitrogens is 1. The van der Waals surface area contributed by atoms with Crippen LogP contribution in [0.25, 0.3) is 10.9 Å². The first kappa shape index (κ1) is 18.3. The van der Waals surface area contributed by atoms with Crippen LogP contribution in [0.5, 0.6) is 0 Å². The third kappa shape index (κ3) is 2.21. The highest BCUT2D eigenvalue weighted by molar-refractivity contribution is 5.93. The van der Waals surface area contributed by atoms with Crippen molar-refractivity contribution >= 4 is 22.8 Å². The summed E-state index contributed by atoms with van der Waals surface area (Å²) >= 11 is 0. The minimum atomic E-state index is -0.620. The van der Waals surface area contributed by atoms with Gasteiger partial charge in [0.15, 0.2) is 0 Å². The number of fused-ring (bicyclic) bond motifs is 1. The SMILES string of the molecule is CC1(C)C(=O)N([C@@H]2C3CC4C[C@H]2C[C@@](C(=O)O)(C4)C3)C1c1cccc2cccnc12. The van der Waals surface area contributed by atoms with E-state index in [1.54, 1.807) is 0 Å². The first-order chi connectivity index (χ1) is 14.3. The molecule has 3 unspecified atom stereocenters. The number of aliphatic carboxylic acids is 1. The van der Waals surface area contributed by atoms with E-state index >= 15 is 0 Å². The Labute approximate surface area is 176 Å². The molecule has 5 aliphatic rings. The Balaban J connectivity index is 1.42. The van der Waals surface area contributed by atoms with Crippen LogP contribution in [-0.2, 0) is 9.59 Å². The Kier molecular flexibility index (Phi) is 3.57. The number of pyridine rings is 1. The van der Waals surface area contributed by atoms with E-state index in [2.05, 4.69) is 34.1 Å². The van der Waals surface area contributed by atoms with E-state index in [0.29, 0.717) is 17.8 Å². The molecule has 2 aromatic rings. The van der Waals surface area contributed by atoms with Crippen LogP contribution in [0, 0.1) is 28.6 Å². The number of nitrogens with zero attached hydrogens (tertiary/aromatic N) is 2. The number of hydrogen-bond donors (Lipinski definition) is 1.